The number of hydrogen-bond donors (Lipinski definition) is 0. The van der Waals surface area contributed by atoms with E-state index in [1.807, 2.05) is 0 Å². The van der Waals surface area contributed by atoms with Gasteiger partial charge in [0.1, 0.15) is 11.2 Å². The minimum absolute atomic E-state index is 0.241. The molecular formula is C116H82BN3O. The summed E-state index contributed by atoms with van der Waals surface area (Å²) in [4.78, 5) is 5.51. The summed E-state index contributed by atoms with van der Waals surface area (Å²) in [6.45, 7) is 8.18. The van der Waals surface area contributed by atoms with E-state index in [1.54, 1.807) is 0 Å². The van der Waals surface area contributed by atoms with Gasteiger partial charge in [0.15, 0.2) is 0 Å². The van der Waals surface area contributed by atoms with Gasteiger partial charge in [-0.25, -0.2) is 0 Å². The average molecular weight is 1540 g/mol. The molecule has 24 rings (SSSR count). The lowest BCUT2D eigenvalue weighted by molar-refractivity contribution is 0.590. The van der Waals surface area contributed by atoms with Crippen LogP contribution < -0.4 is 26.2 Å². The maximum Gasteiger partial charge on any atom is 0.252 e. The first-order valence-corrected chi connectivity index (χ1v) is 42.6. The number of para-hydroxylation sites is 3. The van der Waals surface area contributed by atoms with E-state index in [9.17, 15) is 0 Å². The van der Waals surface area contributed by atoms with E-state index in [0.717, 1.165) is 38.8 Å². The zero-order chi connectivity index (χ0) is 80.2. The Kier molecular flexibility index (Phi) is 16.1. The van der Waals surface area contributed by atoms with Gasteiger partial charge in [-0.15, -0.1) is 0 Å². The number of hydrogen-bond acceptors (Lipinski definition) is 3. The number of fused-ring (bicyclic) bond motifs is 20. The monoisotopic (exact) mass is 1540 g/mol. The molecular weight excluding hydrogens is 1460 g/mol. The van der Waals surface area contributed by atoms with Crippen molar-refractivity contribution in [2.75, 3.05) is 16.3 Å². The molecule has 0 bridgehead atoms. The minimum Gasteiger partial charge on any atom is -0.455 e. The summed E-state index contributed by atoms with van der Waals surface area (Å²) in [5.41, 5.74) is 43.7. The van der Waals surface area contributed by atoms with Crippen LogP contribution in [-0.4, -0.2) is 17.8 Å². The van der Waals surface area contributed by atoms with Gasteiger partial charge in [-0.3, -0.25) is 0 Å². The quantitative estimate of drug-likeness (QED) is 0.108. The summed E-state index contributed by atoms with van der Waals surface area (Å²) in [5, 5.41) is 4.67. The van der Waals surface area contributed by atoms with Gasteiger partial charge in [0, 0.05) is 68.6 Å². The highest BCUT2D eigenvalue weighted by atomic mass is 16.3. The van der Waals surface area contributed by atoms with E-state index < -0.39 is 5.41 Å². The Morgan fingerprint density at radius 3 is 1.32 bits per heavy atom. The molecule has 1 spiro atoms. The van der Waals surface area contributed by atoms with Crippen LogP contribution in [0.5, 0.6) is 0 Å². The molecule has 0 unspecified atom stereocenters. The van der Waals surface area contributed by atoms with E-state index in [4.69, 9.17) is 4.42 Å². The molecule has 2 aromatic heterocycles. The number of furan rings is 1. The van der Waals surface area contributed by atoms with Crippen LogP contribution in [0.1, 0.15) is 59.7 Å². The number of aromatic nitrogens is 1. The zero-order valence-corrected chi connectivity index (χ0v) is 67.6. The number of anilines is 4. The maximum absolute atomic E-state index is 7.04. The van der Waals surface area contributed by atoms with Crippen molar-refractivity contribution in [3.05, 3.63) is 445 Å². The summed E-state index contributed by atoms with van der Waals surface area (Å²) in [6, 6.07) is 154. The van der Waals surface area contributed by atoms with Crippen LogP contribution in [0.2, 0.25) is 0 Å². The molecule has 0 saturated carbocycles. The molecule has 4 nitrogen and oxygen atoms in total. The zero-order valence-electron chi connectivity index (χ0n) is 67.6. The van der Waals surface area contributed by atoms with Gasteiger partial charge in [-0.05, 0) is 241 Å². The molecule has 570 valence electrons. The molecule has 0 amide bonds. The van der Waals surface area contributed by atoms with Crippen LogP contribution >= 0.6 is 0 Å². The SMILES string of the molecule is CC(C)(C)c1cc2c3c(c1)N(Cc1c(-c4ccccc4)cc(-c4ccccc4)cc1-c1ccccc1)c1ccc(-c4cccc5c4oc4ccccc45)cc1B3c1ccc(-n3c4ccccc4c4cc5c(cc43)C3(c4ccccc4-c4ccccc43)c3ccccc3-5)cc1N2CCc1c(-c2ccccc2)cc(-c2ccccc2)cc1-c1ccccc1. The number of nitrogens with zero attached hydrogens (tertiary/aromatic N) is 3. The van der Waals surface area contributed by atoms with E-state index >= 15 is 0 Å². The van der Waals surface area contributed by atoms with E-state index in [-0.39, 0.29) is 12.1 Å². The predicted molar refractivity (Wildman–Crippen MR) is 508 cm³/mol. The fourth-order valence-corrected chi connectivity index (χ4v) is 21.4. The molecule has 2 aliphatic heterocycles. The topological polar surface area (TPSA) is 24.6 Å². The van der Waals surface area contributed by atoms with Crippen LogP contribution in [0.4, 0.5) is 22.7 Å². The Labute approximate surface area is 705 Å². The second kappa shape index (κ2) is 27.7. The molecule has 0 radical (unpaired) electrons. The van der Waals surface area contributed by atoms with Crippen molar-refractivity contribution in [3.63, 3.8) is 0 Å². The lowest BCUT2D eigenvalue weighted by Crippen LogP contribution is -2.62. The third-order valence-corrected chi connectivity index (χ3v) is 26.8. The molecule has 2 aliphatic carbocycles. The van der Waals surface area contributed by atoms with Crippen molar-refractivity contribution in [1.29, 1.82) is 0 Å². The summed E-state index contributed by atoms with van der Waals surface area (Å²) < 4.78 is 9.66. The van der Waals surface area contributed by atoms with E-state index in [2.05, 4.69) is 442 Å². The van der Waals surface area contributed by atoms with Crippen molar-refractivity contribution in [2.24, 2.45) is 0 Å². The highest BCUT2D eigenvalue weighted by molar-refractivity contribution is 7.00. The lowest BCUT2D eigenvalue weighted by Gasteiger charge is -2.45. The first-order valence-electron chi connectivity index (χ1n) is 42.6. The summed E-state index contributed by atoms with van der Waals surface area (Å²) in [5.74, 6) is 0. The predicted octanol–water partition coefficient (Wildman–Crippen LogP) is 27.9. The van der Waals surface area contributed by atoms with Crippen LogP contribution in [0, 0.1) is 0 Å². The van der Waals surface area contributed by atoms with Crippen molar-refractivity contribution in [3.8, 4) is 106 Å². The highest BCUT2D eigenvalue weighted by Crippen LogP contribution is 2.64. The smallest absolute Gasteiger partial charge is 0.252 e. The first kappa shape index (κ1) is 70.4. The molecule has 121 heavy (non-hydrogen) atoms. The molecule has 0 N–H and O–H groups in total. The van der Waals surface area contributed by atoms with Crippen LogP contribution in [0.3, 0.4) is 0 Å². The second-order valence-corrected chi connectivity index (χ2v) is 34.3. The van der Waals surface area contributed by atoms with Crippen molar-refractivity contribution in [2.45, 2.75) is 44.6 Å². The van der Waals surface area contributed by atoms with Gasteiger partial charge in [0.05, 0.1) is 16.4 Å². The highest BCUT2D eigenvalue weighted by Gasteiger charge is 2.52. The second-order valence-electron chi connectivity index (χ2n) is 34.3. The van der Waals surface area contributed by atoms with Gasteiger partial charge >= 0.3 is 0 Å². The van der Waals surface area contributed by atoms with E-state index in [0.29, 0.717) is 19.5 Å². The summed E-state index contributed by atoms with van der Waals surface area (Å²) in [6.07, 6.45) is 0.708. The number of benzene rings is 18. The third-order valence-electron chi connectivity index (χ3n) is 26.8. The fraction of sp³-hybridized carbons (Fsp3) is 0.0690. The fourth-order valence-electron chi connectivity index (χ4n) is 21.4. The standard InChI is InChI=1S/C116H82BN3O/c1-115(2,3)83-68-110-113-111(69-83)119(73-99-95(78-41-18-8-19-42-78)65-82(75-35-12-5-13-36-75)66-96(99)79-43-20-9-21-44-79)107-60-57-80(85-50-32-51-92-91-49-26-31-56-112(91)121-114(85)92)67-105(107)117(113)104-59-58-84(70-109(104)118(110)62-61-86-93(76-37-14-6-15-38-76)63-81(74-33-10-4-11-34-74)64-94(86)77-39-16-7-17-40-77)120-106-55-30-25-48-90(106)98-71-97-89-47-24-29-54-102(89)116(103(97)72-108(98)120)100-52-27-22-45-87(100)88-46-23-28-53-101(88)116/h4-60,63-72H,61-62,73H2,1-3H3. The molecule has 18 aromatic carbocycles. The van der Waals surface area contributed by atoms with Gasteiger partial charge < -0.3 is 18.8 Å². The first-order chi connectivity index (χ1) is 59.7. The van der Waals surface area contributed by atoms with Crippen molar-refractivity contribution >= 4 is 89.6 Å². The largest absolute Gasteiger partial charge is 0.455 e. The Morgan fingerprint density at radius 2 is 0.760 bits per heavy atom. The lowest BCUT2D eigenvalue weighted by atomic mass is 9.33. The summed E-state index contributed by atoms with van der Waals surface area (Å²) >= 11 is 0. The Hall–Kier alpha value is -14.8. The molecule has 4 aliphatic rings. The maximum atomic E-state index is 7.04. The molecule has 0 atom stereocenters. The van der Waals surface area contributed by atoms with Crippen molar-refractivity contribution in [1.82, 2.24) is 4.57 Å². The third kappa shape index (κ3) is 11.0. The van der Waals surface area contributed by atoms with Crippen LogP contribution in [0.25, 0.3) is 150 Å². The van der Waals surface area contributed by atoms with Gasteiger partial charge in [0.25, 0.3) is 6.71 Å². The molecule has 5 heteroatoms. The molecule has 0 fully saturated rings. The Morgan fingerprint density at radius 1 is 0.289 bits per heavy atom. The normalized spacial score (nSPS) is 13.2. The number of rotatable bonds is 13. The molecule has 0 saturated heterocycles. The van der Waals surface area contributed by atoms with Crippen molar-refractivity contribution < 1.29 is 4.42 Å². The average Bonchev–Trinajstić information content (AvgIpc) is 1.59. The molecule has 20 aromatic rings. The minimum atomic E-state index is -0.543. The Balaban J connectivity index is 0.788. The van der Waals surface area contributed by atoms with Gasteiger partial charge in [-0.2, -0.15) is 0 Å². The summed E-state index contributed by atoms with van der Waals surface area (Å²) in [7, 11) is 0. The van der Waals surface area contributed by atoms with Crippen LogP contribution in [0.15, 0.2) is 411 Å². The molecule has 4 heterocycles. The Bertz CT molecular complexity index is 7420. The van der Waals surface area contributed by atoms with Crippen LogP contribution in [-0.2, 0) is 23.8 Å². The van der Waals surface area contributed by atoms with Gasteiger partial charge in [-0.1, -0.05) is 348 Å². The van der Waals surface area contributed by atoms with Gasteiger partial charge in [0.2, 0.25) is 0 Å². The van der Waals surface area contributed by atoms with E-state index in [1.165, 1.54) is 189 Å².